The van der Waals surface area contributed by atoms with Crippen LogP contribution < -0.4 is 14.2 Å². The average Bonchev–Trinajstić information content (AvgIpc) is 2.86. The average molecular weight is 469 g/mol. The van der Waals surface area contributed by atoms with E-state index in [1.165, 1.54) is 0 Å². The van der Waals surface area contributed by atoms with Crippen molar-refractivity contribution in [2.24, 2.45) is 0 Å². The summed E-state index contributed by atoms with van der Waals surface area (Å²) in [6.45, 7) is 5.27. The topological polar surface area (TPSA) is 94.6 Å². The maximum atomic E-state index is 12.8. The number of nitrogens with zero attached hydrogens (tertiary/aromatic N) is 2. The molecule has 1 unspecified atom stereocenters. The molecule has 2 aromatic rings. The molecule has 0 spiro atoms. The van der Waals surface area contributed by atoms with E-state index in [0.29, 0.717) is 49.0 Å². The second-order valence-electron chi connectivity index (χ2n) is 8.34. The van der Waals surface area contributed by atoms with Crippen molar-refractivity contribution in [1.82, 2.24) is 9.80 Å². The molecule has 1 atom stereocenters. The van der Waals surface area contributed by atoms with Gasteiger partial charge < -0.3 is 28.7 Å². The first-order chi connectivity index (χ1) is 16.4. The van der Waals surface area contributed by atoms with Crippen LogP contribution in [0.4, 0.5) is 0 Å². The van der Waals surface area contributed by atoms with Gasteiger partial charge in [-0.05, 0) is 50.2 Å². The van der Waals surface area contributed by atoms with Gasteiger partial charge in [-0.15, -0.1) is 0 Å². The number of amides is 2. The standard InChI is InChI=1S/C25H28N2O7/c1-17(2)33-25(30)18-7-9-19(10-8-18)31-16-23(28)26-11-13-27(14-12-26)24(29)22-15-32-20-5-3-4-6-21(20)34-22/h3-10,17,22H,11-16H2,1-2H3. The molecule has 2 aromatic carbocycles. The monoisotopic (exact) mass is 468 g/mol. The number of ether oxygens (including phenoxy) is 4. The minimum absolute atomic E-state index is 0.125. The molecule has 0 aromatic heterocycles. The Morgan fingerprint density at radius 1 is 0.941 bits per heavy atom. The van der Waals surface area contributed by atoms with Crippen molar-refractivity contribution < 1.29 is 33.3 Å². The van der Waals surface area contributed by atoms with Crippen LogP contribution in [0.1, 0.15) is 24.2 Å². The molecule has 1 saturated heterocycles. The molecule has 2 aliphatic rings. The smallest absolute Gasteiger partial charge is 0.338 e. The highest BCUT2D eigenvalue weighted by molar-refractivity contribution is 5.89. The highest BCUT2D eigenvalue weighted by atomic mass is 16.6. The van der Waals surface area contributed by atoms with Gasteiger partial charge in [0.1, 0.15) is 12.4 Å². The molecule has 9 nitrogen and oxygen atoms in total. The normalized spacial score (nSPS) is 17.3. The summed E-state index contributed by atoms with van der Waals surface area (Å²) in [6.07, 6.45) is -0.890. The molecular weight excluding hydrogens is 440 g/mol. The molecule has 2 aliphatic heterocycles. The molecule has 2 heterocycles. The van der Waals surface area contributed by atoms with Crippen LogP contribution >= 0.6 is 0 Å². The second-order valence-corrected chi connectivity index (χ2v) is 8.34. The van der Waals surface area contributed by atoms with Crippen molar-refractivity contribution in [1.29, 1.82) is 0 Å². The van der Waals surface area contributed by atoms with Gasteiger partial charge in [-0.2, -0.15) is 0 Å². The third-order valence-electron chi connectivity index (χ3n) is 5.52. The number of carbonyl (C=O) groups excluding carboxylic acids is 3. The molecule has 0 aliphatic carbocycles. The van der Waals surface area contributed by atoms with Crippen molar-refractivity contribution in [2.45, 2.75) is 26.1 Å². The van der Waals surface area contributed by atoms with Gasteiger partial charge in [0.25, 0.3) is 11.8 Å². The van der Waals surface area contributed by atoms with E-state index >= 15 is 0 Å². The molecule has 0 saturated carbocycles. The number of hydrogen-bond donors (Lipinski definition) is 0. The number of hydrogen-bond acceptors (Lipinski definition) is 7. The Labute approximate surface area is 198 Å². The molecule has 4 rings (SSSR count). The Kier molecular flexibility index (Phi) is 7.20. The van der Waals surface area contributed by atoms with E-state index in [0.717, 1.165) is 0 Å². The van der Waals surface area contributed by atoms with E-state index in [1.54, 1.807) is 60.0 Å². The highest BCUT2D eigenvalue weighted by Gasteiger charge is 2.33. The zero-order valence-electron chi connectivity index (χ0n) is 19.3. The fourth-order valence-corrected chi connectivity index (χ4v) is 3.73. The van der Waals surface area contributed by atoms with Crippen molar-refractivity contribution >= 4 is 17.8 Å². The van der Waals surface area contributed by atoms with Crippen LogP contribution in [0, 0.1) is 0 Å². The summed E-state index contributed by atoms with van der Waals surface area (Å²) >= 11 is 0. The van der Waals surface area contributed by atoms with Gasteiger partial charge in [0, 0.05) is 26.2 Å². The molecule has 180 valence electrons. The molecule has 0 bridgehead atoms. The summed E-state index contributed by atoms with van der Waals surface area (Å²) in [4.78, 5) is 40.7. The molecule has 34 heavy (non-hydrogen) atoms. The zero-order valence-corrected chi connectivity index (χ0v) is 19.3. The van der Waals surface area contributed by atoms with E-state index < -0.39 is 12.1 Å². The number of benzene rings is 2. The van der Waals surface area contributed by atoms with E-state index in [1.807, 2.05) is 12.1 Å². The molecule has 0 N–H and O–H groups in total. The first-order valence-corrected chi connectivity index (χ1v) is 11.3. The van der Waals surface area contributed by atoms with Gasteiger partial charge in [0.2, 0.25) is 6.10 Å². The summed E-state index contributed by atoms with van der Waals surface area (Å²) in [7, 11) is 0. The van der Waals surface area contributed by atoms with Crippen LogP contribution in [0.15, 0.2) is 48.5 Å². The molecular formula is C25H28N2O7. The summed E-state index contributed by atoms with van der Waals surface area (Å²) < 4.78 is 22.2. The van der Waals surface area contributed by atoms with Crippen LogP contribution in [0.25, 0.3) is 0 Å². The third kappa shape index (κ3) is 5.59. The first-order valence-electron chi connectivity index (χ1n) is 11.3. The summed E-state index contributed by atoms with van der Waals surface area (Å²) in [5.74, 6) is 0.961. The van der Waals surface area contributed by atoms with Gasteiger partial charge in [-0.1, -0.05) is 12.1 Å². The predicted molar refractivity (Wildman–Crippen MR) is 122 cm³/mol. The van der Waals surface area contributed by atoms with Gasteiger partial charge in [-0.3, -0.25) is 9.59 Å². The van der Waals surface area contributed by atoms with Gasteiger partial charge in [0.15, 0.2) is 18.1 Å². The molecule has 0 radical (unpaired) electrons. The zero-order chi connectivity index (χ0) is 24.1. The Bertz CT molecular complexity index is 1030. The SMILES string of the molecule is CC(C)OC(=O)c1ccc(OCC(=O)N2CCN(C(=O)C3COc4ccccc4O3)CC2)cc1. The second kappa shape index (κ2) is 10.5. The van der Waals surface area contributed by atoms with Gasteiger partial charge >= 0.3 is 5.97 Å². The lowest BCUT2D eigenvalue weighted by Crippen LogP contribution is -2.55. The first kappa shape index (κ1) is 23.4. The minimum atomic E-state index is -0.693. The van der Waals surface area contributed by atoms with Crippen LogP contribution in [0.5, 0.6) is 17.2 Å². The quantitative estimate of drug-likeness (QED) is 0.600. The molecule has 9 heteroatoms. The number of para-hydroxylation sites is 2. The van der Waals surface area contributed by atoms with Crippen LogP contribution in [-0.2, 0) is 14.3 Å². The van der Waals surface area contributed by atoms with Crippen LogP contribution in [-0.4, -0.2) is 79.2 Å². The van der Waals surface area contributed by atoms with E-state index in [2.05, 4.69) is 0 Å². The van der Waals surface area contributed by atoms with Crippen molar-refractivity contribution in [2.75, 3.05) is 39.4 Å². The number of carbonyl (C=O) groups is 3. The lowest BCUT2D eigenvalue weighted by molar-refractivity contribution is -0.146. The Hall–Kier alpha value is -3.75. The largest absolute Gasteiger partial charge is 0.485 e. The third-order valence-corrected chi connectivity index (χ3v) is 5.52. The number of fused-ring (bicyclic) bond motifs is 1. The minimum Gasteiger partial charge on any atom is -0.485 e. The fourth-order valence-electron chi connectivity index (χ4n) is 3.73. The summed E-state index contributed by atoms with van der Waals surface area (Å²) in [5.41, 5.74) is 0.420. The van der Waals surface area contributed by atoms with Crippen LogP contribution in [0.3, 0.4) is 0 Å². The predicted octanol–water partition coefficient (Wildman–Crippen LogP) is 2.14. The van der Waals surface area contributed by atoms with Gasteiger partial charge in [0.05, 0.1) is 11.7 Å². The lowest BCUT2D eigenvalue weighted by atomic mass is 10.2. The molecule has 1 fully saturated rings. The summed E-state index contributed by atoms with van der Waals surface area (Å²) in [6, 6.07) is 13.7. The molecule has 2 amide bonds. The highest BCUT2D eigenvalue weighted by Crippen LogP contribution is 2.31. The van der Waals surface area contributed by atoms with E-state index in [4.69, 9.17) is 18.9 Å². The lowest BCUT2D eigenvalue weighted by Gasteiger charge is -2.37. The van der Waals surface area contributed by atoms with Crippen LogP contribution in [0.2, 0.25) is 0 Å². The van der Waals surface area contributed by atoms with E-state index in [9.17, 15) is 14.4 Å². The summed E-state index contributed by atoms with van der Waals surface area (Å²) in [5, 5.41) is 0. The Morgan fingerprint density at radius 3 is 2.26 bits per heavy atom. The van der Waals surface area contributed by atoms with Crippen molar-refractivity contribution in [3.63, 3.8) is 0 Å². The Balaban J connectivity index is 1.22. The van der Waals surface area contributed by atoms with Crippen molar-refractivity contribution in [3.05, 3.63) is 54.1 Å². The van der Waals surface area contributed by atoms with Gasteiger partial charge in [-0.25, -0.2) is 4.79 Å². The van der Waals surface area contributed by atoms with Crippen molar-refractivity contribution in [3.8, 4) is 17.2 Å². The van der Waals surface area contributed by atoms with E-state index in [-0.39, 0.29) is 31.1 Å². The maximum absolute atomic E-state index is 12.8. The number of rotatable bonds is 6. The Morgan fingerprint density at radius 2 is 1.59 bits per heavy atom. The maximum Gasteiger partial charge on any atom is 0.338 e. The number of piperazine rings is 1. The number of esters is 1. The fraction of sp³-hybridized carbons (Fsp3) is 0.400.